The van der Waals surface area contributed by atoms with Gasteiger partial charge >= 0.3 is 0 Å². The number of nitrogens with two attached hydrogens (primary N) is 1. The zero-order valence-electron chi connectivity index (χ0n) is 12.1. The first-order valence-corrected chi connectivity index (χ1v) is 8.74. The zero-order chi connectivity index (χ0) is 15.1. The minimum absolute atomic E-state index is 0.0816. The van der Waals surface area contributed by atoms with E-state index in [9.17, 15) is 8.42 Å². The zero-order valence-corrected chi connectivity index (χ0v) is 13.0. The first-order valence-electron chi connectivity index (χ1n) is 7.26. The Morgan fingerprint density at radius 3 is 2.76 bits per heavy atom. The van der Waals surface area contributed by atoms with Gasteiger partial charge in [0.1, 0.15) is 4.90 Å². The molecule has 1 saturated carbocycles. The summed E-state index contributed by atoms with van der Waals surface area (Å²) in [7, 11) is -3.52. The number of nitrogen functional groups attached to an aromatic ring is 1. The van der Waals surface area contributed by atoms with Crippen molar-refractivity contribution in [1.29, 1.82) is 0 Å². The number of rotatable bonds is 4. The average molecular weight is 307 g/mol. The maximum atomic E-state index is 12.5. The number of fused-ring (bicyclic) bond motifs is 1. The topological polar surface area (TPSA) is 88.0 Å². The van der Waals surface area contributed by atoms with E-state index in [1.54, 1.807) is 18.2 Å². The highest BCUT2D eigenvalue weighted by atomic mass is 32.2. The highest BCUT2D eigenvalue weighted by molar-refractivity contribution is 7.89. The van der Waals surface area contributed by atoms with E-state index in [1.807, 2.05) is 0 Å². The Bertz CT molecular complexity index is 758. The van der Waals surface area contributed by atoms with Gasteiger partial charge in [0.25, 0.3) is 0 Å². The second kappa shape index (κ2) is 5.03. The van der Waals surface area contributed by atoms with E-state index in [2.05, 4.69) is 16.6 Å². The third kappa shape index (κ3) is 2.78. The van der Waals surface area contributed by atoms with Gasteiger partial charge in [-0.1, -0.05) is 19.8 Å². The lowest BCUT2D eigenvalue weighted by atomic mass is 9.89. The summed E-state index contributed by atoms with van der Waals surface area (Å²) in [5.41, 5.74) is 7.17. The predicted molar refractivity (Wildman–Crippen MR) is 84.5 cm³/mol. The summed E-state index contributed by atoms with van der Waals surface area (Å²) >= 11 is 0. The minimum Gasteiger partial charge on any atom is -0.399 e. The number of H-pyrrole nitrogens is 1. The molecule has 0 amide bonds. The fraction of sp³-hybridized carbons (Fsp3) is 0.467. The molecule has 0 atom stereocenters. The van der Waals surface area contributed by atoms with Crippen LogP contribution in [0.15, 0.2) is 29.3 Å². The molecule has 5 nitrogen and oxygen atoms in total. The molecule has 0 unspecified atom stereocenters. The molecule has 0 saturated heterocycles. The summed E-state index contributed by atoms with van der Waals surface area (Å²) in [6.45, 7) is 2.64. The lowest BCUT2D eigenvalue weighted by molar-refractivity contribution is 0.336. The Kier molecular flexibility index (Phi) is 3.45. The number of aromatic amines is 1. The van der Waals surface area contributed by atoms with Gasteiger partial charge in [-0.05, 0) is 36.5 Å². The van der Waals surface area contributed by atoms with Gasteiger partial charge in [0.15, 0.2) is 0 Å². The number of benzene rings is 1. The van der Waals surface area contributed by atoms with Crippen molar-refractivity contribution in [2.24, 2.45) is 5.41 Å². The van der Waals surface area contributed by atoms with Crippen molar-refractivity contribution in [3.63, 3.8) is 0 Å². The van der Waals surface area contributed by atoms with E-state index in [0.717, 1.165) is 18.4 Å². The normalized spacial score (nSPS) is 18.3. The van der Waals surface area contributed by atoms with Crippen LogP contribution in [0.3, 0.4) is 0 Å². The maximum Gasteiger partial charge on any atom is 0.242 e. The van der Waals surface area contributed by atoms with Gasteiger partial charge < -0.3 is 10.7 Å². The summed E-state index contributed by atoms with van der Waals surface area (Å²) in [6.07, 6.45) is 6.06. The second-order valence-electron chi connectivity index (χ2n) is 6.30. The highest BCUT2D eigenvalue weighted by Gasteiger charge is 2.30. The molecule has 1 aliphatic rings. The molecule has 2 aromatic rings. The lowest BCUT2D eigenvalue weighted by Crippen LogP contribution is -2.34. The Morgan fingerprint density at radius 1 is 1.33 bits per heavy atom. The molecule has 1 aromatic heterocycles. The van der Waals surface area contributed by atoms with Gasteiger partial charge in [0.05, 0.1) is 0 Å². The molecule has 1 aromatic carbocycles. The van der Waals surface area contributed by atoms with E-state index >= 15 is 0 Å². The van der Waals surface area contributed by atoms with Crippen molar-refractivity contribution in [3.8, 4) is 0 Å². The van der Waals surface area contributed by atoms with Gasteiger partial charge in [-0.15, -0.1) is 0 Å². The van der Waals surface area contributed by atoms with Crippen LogP contribution >= 0.6 is 0 Å². The second-order valence-corrected chi connectivity index (χ2v) is 8.04. The van der Waals surface area contributed by atoms with Crippen LogP contribution in [0, 0.1) is 5.41 Å². The number of hydrogen-bond donors (Lipinski definition) is 3. The number of nitrogens with one attached hydrogen (secondary N) is 2. The highest BCUT2D eigenvalue weighted by Crippen LogP contribution is 2.37. The average Bonchev–Trinajstić information content (AvgIpc) is 3.03. The Balaban J connectivity index is 1.88. The predicted octanol–water partition coefficient (Wildman–Crippen LogP) is 2.61. The molecule has 4 N–H and O–H groups in total. The SMILES string of the molecule is CC1(CNS(=O)(=O)c2c[nH]c3ccc(N)cc23)CCCC1. The van der Waals surface area contributed by atoms with Gasteiger partial charge in [-0.25, -0.2) is 13.1 Å². The van der Waals surface area contributed by atoms with Crippen molar-refractivity contribution < 1.29 is 8.42 Å². The van der Waals surface area contributed by atoms with E-state index in [4.69, 9.17) is 5.73 Å². The molecule has 114 valence electrons. The van der Waals surface area contributed by atoms with Crippen LogP contribution < -0.4 is 10.5 Å². The Hall–Kier alpha value is -1.53. The van der Waals surface area contributed by atoms with Crippen molar-refractivity contribution in [2.75, 3.05) is 12.3 Å². The fourth-order valence-electron chi connectivity index (χ4n) is 3.09. The molecule has 0 radical (unpaired) electrons. The molecule has 21 heavy (non-hydrogen) atoms. The molecular formula is C15H21N3O2S. The van der Waals surface area contributed by atoms with Gasteiger partial charge in [0, 0.05) is 29.3 Å². The third-order valence-corrected chi connectivity index (χ3v) is 5.90. The van der Waals surface area contributed by atoms with Gasteiger partial charge in [-0.3, -0.25) is 0 Å². The van der Waals surface area contributed by atoms with Crippen LogP contribution in [0.4, 0.5) is 5.69 Å². The molecule has 1 aliphatic carbocycles. The Morgan fingerprint density at radius 2 is 2.05 bits per heavy atom. The van der Waals surface area contributed by atoms with Gasteiger partial charge in [0.2, 0.25) is 10.0 Å². The summed E-state index contributed by atoms with van der Waals surface area (Å²) in [6, 6.07) is 5.24. The van der Waals surface area contributed by atoms with Crippen molar-refractivity contribution in [1.82, 2.24) is 9.71 Å². The van der Waals surface area contributed by atoms with E-state index in [1.165, 1.54) is 19.0 Å². The van der Waals surface area contributed by atoms with Crippen LogP contribution in [0.25, 0.3) is 10.9 Å². The van der Waals surface area contributed by atoms with E-state index in [0.29, 0.717) is 17.6 Å². The van der Waals surface area contributed by atoms with Crippen LogP contribution in [-0.4, -0.2) is 19.9 Å². The summed E-state index contributed by atoms with van der Waals surface area (Å²) in [5, 5.41) is 0.638. The smallest absolute Gasteiger partial charge is 0.242 e. The quantitative estimate of drug-likeness (QED) is 0.759. The first-order chi connectivity index (χ1) is 9.90. The molecule has 0 aliphatic heterocycles. The summed E-state index contributed by atoms with van der Waals surface area (Å²) in [4.78, 5) is 3.25. The largest absolute Gasteiger partial charge is 0.399 e. The number of anilines is 1. The third-order valence-electron chi connectivity index (χ3n) is 4.46. The molecule has 6 heteroatoms. The monoisotopic (exact) mass is 307 g/mol. The molecule has 0 bridgehead atoms. The van der Waals surface area contributed by atoms with Crippen LogP contribution in [0.1, 0.15) is 32.6 Å². The van der Waals surface area contributed by atoms with Crippen molar-refractivity contribution in [2.45, 2.75) is 37.5 Å². The van der Waals surface area contributed by atoms with E-state index in [-0.39, 0.29) is 10.3 Å². The molecule has 0 spiro atoms. The number of hydrogen-bond acceptors (Lipinski definition) is 3. The summed E-state index contributed by atoms with van der Waals surface area (Å²) < 4.78 is 27.9. The molecular weight excluding hydrogens is 286 g/mol. The number of aromatic nitrogens is 1. The van der Waals surface area contributed by atoms with Crippen molar-refractivity contribution in [3.05, 3.63) is 24.4 Å². The van der Waals surface area contributed by atoms with E-state index < -0.39 is 10.0 Å². The lowest BCUT2D eigenvalue weighted by Gasteiger charge is -2.23. The van der Waals surface area contributed by atoms with Crippen LogP contribution in [-0.2, 0) is 10.0 Å². The van der Waals surface area contributed by atoms with Gasteiger partial charge in [-0.2, -0.15) is 0 Å². The number of sulfonamides is 1. The first kappa shape index (κ1) is 14.4. The molecule has 3 rings (SSSR count). The van der Waals surface area contributed by atoms with Crippen LogP contribution in [0.2, 0.25) is 0 Å². The summed E-state index contributed by atoms with van der Waals surface area (Å²) in [5.74, 6) is 0. The standard InChI is InChI=1S/C15H21N3O2S/c1-15(6-2-3-7-15)10-18-21(19,20)14-9-17-13-5-4-11(16)8-12(13)14/h4-5,8-9,17-18H,2-3,6-7,10,16H2,1H3. The van der Waals surface area contributed by atoms with Crippen molar-refractivity contribution >= 4 is 26.6 Å². The maximum absolute atomic E-state index is 12.5. The molecule has 1 heterocycles. The Labute approximate surface area is 125 Å². The fourth-order valence-corrected chi connectivity index (χ4v) is 4.45. The molecule has 1 fully saturated rings. The minimum atomic E-state index is -3.52. The van der Waals surface area contributed by atoms with Crippen LogP contribution in [0.5, 0.6) is 0 Å².